The van der Waals surface area contributed by atoms with Crippen LogP contribution in [0.4, 0.5) is 0 Å². The van der Waals surface area contributed by atoms with Gasteiger partial charge in [0.05, 0.1) is 0 Å². The van der Waals surface area contributed by atoms with E-state index in [0.29, 0.717) is 0 Å². The average molecular weight is 180 g/mol. The Morgan fingerprint density at radius 1 is 0.615 bits per heavy atom. The minimum atomic E-state index is 1.04. The maximum Gasteiger partial charge on any atom is -0.0386 e. The lowest BCUT2D eigenvalue weighted by Crippen LogP contribution is -2.20. The Balaban J connectivity index is 2.03. The van der Waals surface area contributed by atoms with E-state index in [-0.39, 0.29) is 0 Å². The molecule has 2 aliphatic rings. The van der Waals surface area contributed by atoms with Crippen LogP contribution >= 0.6 is 0 Å². The van der Waals surface area contributed by atoms with Crippen molar-refractivity contribution in [2.45, 2.75) is 64.7 Å². The van der Waals surface area contributed by atoms with E-state index in [1.54, 1.807) is 0 Å². The largest absolute Gasteiger partial charge is 0.0620 e. The first-order valence-electron chi connectivity index (χ1n) is 6.38. The molecule has 0 heteroatoms. The molecule has 76 valence electrons. The van der Waals surface area contributed by atoms with Gasteiger partial charge in [-0.15, -0.1) is 0 Å². The van der Waals surface area contributed by atoms with E-state index in [4.69, 9.17) is 0 Å². The molecule has 0 aromatic heterocycles. The highest BCUT2D eigenvalue weighted by Crippen LogP contribution is 2.40. The summed E-state index contributed by atoms with van der Waals surface area (Å²) in [6.45, 7) is 2.53. The molecule has 0 nitrogen and oxygen atoms in total. The lowest BCUT2D eigenvalue weighted by molar-refractivity contribution is 0.201. The zero-order valence-electron chi connectivity index (χ0n) is 9.10. The van der Waals surface area contributed by atoms with Crippen molar-refractivity contribution in [3.8, 4) is 0 Å². The molecule has 0 saturated heterocycles. The van der Waals surface area contributed by atoms with Crippen LogP contribution in [0.25, 0.3) is 0 Å². The second-order valence-corrected chi connectivity index (χ2v) is 5.30. The van der Waals surface area contributed by atoms with E-state index in [9.17, 15) is 0 Å². The monoisotopic (exact) mass is 180 g/mol. The molecule has 0 aromatic carbocycles. The van der Waals surface area contributed by atoms with Gasteiger partial charge in [-0.25, -0.2) is 0 Å². The van der Waals surface area contributed by atoms with Gasteiger partial charge in [-0.3, -0.25) is 0 Å². The fourth-order valence-electron chi connectivity index (χ4n) is 3.53. The molecule has 2 saturated carbocycles. The van der Waals surface area contributed by atoms with Crippen molar-refractivity contribution >= 4 is 0 Å². The van der Waals surface area contributed by atoms with Gasteiger partial charge in [-0.1, -0.05) is 64.7 Å². The second kappa shape index (κ2) is 4.48. The molecule has 0 N–H and O–H groups in total. The van der Waals surface area contributed by atoms with Crippen LogP contribution in [0.1, 0.15) is 64.7 Å². The molecule has 0 heterocycles. The van der Waals surface area contributed by atoms with Crippen LogP contribution in [0.3, 0.4) is 0 Å². The molecule has 0 aliphatic heterocycles. The zero-order valence-corrected chi connectivity index (χ0v) is 9.10. The molecule has 13 heavy (non-hydrogen) atoms. The third-order valence-corrected chi connectivity index (χ3v) is 4.54. The van der Waals surface area contributed by atoms with Gasteiger partial charge in [0.15, 0.2) is 0 Å². The normalized spacial score (nSPS) is 41.8. The fourth-order valence-corrected chi connectivity index (χ4v) is 3.53. The summed E-state index contributed by atoms with van der Waals surface area (Å²) in [4.78, 5) is 0. The fraction of sp³-hybridized carbons (Fsp3) is 1.00. The lowest BCUT2D eigenvalue weighted by Gasteiger charge is -2.30. The summed E-state index contributed by atoms with van der Waals surface area (Å²) in [7, 11) is 0. The summed E-state index contributed by atoms with van der Waals surface area (Å²) in [5.74, 6) is 3.23. The number of rotatable bonds is 0. The molecular weight excluding hydrogens is 156 g/mol. The molecule has 2 fully saturated rings. The maximum absolute atomic E-state index is 2.53. The number of hydrogen-bond acceptors (Lipinski definition) is 0. The number of fused-ring (bicyclic) bond motifs is 2. The van der Waals surface area contributed by atoms with Crippen molar-refractivity contribution in [3.63, 3.8) is 0 Å². The average Bonchev–Trinajstić information content (AvgIpc) is 2.32. The van der Waals surface area contributed by atoms with E-state index >= 15 is 0 Å². The molecule has 0 amide bonds. The molecule has 0 radical (unpaired) electrons. The van der Waals surface area contributed by atoms with E-state index < -0.39 is 0 Å². The van der Waals surface area contributed by atoms with Crippen molar-refractivity contribution in [1.29, 1.82) is 0 Å². The Bertz CT molecular complexity index is 134. The van der Waals surface area contributed by atoms with Crippen LogP contribution in [0.2, 0.25) is 0 Å². The number of hydrogen-bond donors (Lipinski definition) is 0. The van der Waals surface area contributed by atoms with Gasteiger partial charge in [0.25, 0.3) is 0 Å². The van der Waals surface area contributed by atoms with Gasteiger partial charge in [-0.2, -0.15) is 0 Å². The Hall–Kier alpha value is 0. The Morgan fingerprint density at radius 3 is 1.46 bits per heavy atom. The van der Waals surface area contributed by atoms with Crippen LogP contribution in [-0.4, -0.2) is 0 Å². The van der Waals surface area contributed by atoms with Gasteiger partial charge < -0.3 is 0 Å². The molecular formula is C13H24. The Morgan fingerprint density at radius 2 is 1.00 bits per heavy atom. The quantitative estimate of drug-likeness (QED) is 0.518. The Kier molecular flexibility index (Phi) is 3.29. The van der Waals surface area contributed by atoms with Gasteiger partial charge in [0.1, 0.15) is 0 Å². The molecule has 2 unspecified atom stereocenters. The highest BCUT2D eigenvalue weighted by atomic mass is 14.3. The van der Waals surface area contributed by atoms with E-state index in [1.807, 2.05) is 0 Å². The third-order valence-electron chi connectivity index (χ3n) is 4.54. The first-order valence-corrected chi connectivity index (χ1v) is 6.38. The summed E-state index contributed by atoms with van der Waals surface area (Å²) < 4.78 is 0. The third kappa shape index (κ3) is 2.27. The van der Waals surface area contributed by atoms with Crippen molar-refractivity contribution in [3.05, 3.63) is 0 Å². The van der Waals surface area contributed by atoms with Gasteiger partial charge >= 0.3 is 0 Å². The smallest absolute Gasteiger partial charge is 0.0386 e. The first kappa shape index (κ1) is 9.55. The summed E-state index contributed by atoms with van der Waals surface area (Å²) in [6, 6.07) is 0. The van der Waals surface area contributed by atoms with Crippen LogP contribution < -0.4 is 0 Å². The van der Waals surface area contributed by atoms with Gasteiger partial charge in [0, 0.05) is 0 Å². The van der Waals surface area contributed by atoms with E-state index in [1.165, 1.54) is 57.8 Å². The van der Waals surface area contributed by atoms with Crippen LogP contribution in [0.5, 0.6) is 0 Å². The van der Waals surface area contributed by atoms with Crippen molar-refractivity contribution in [1.82, 2.24) is 0 Å². The molecule has 0 spiro atoms. The molecule has 2 bridgehead atoms. The van der Waals surface area contributed by atoms with E-state index in [0.717, 1.165) is 17.8 Å². The SMILES string of the molecule is CC1C2CCCCC[C@H]1CCCC2. The molecule has 2 rings (SSSR count). The highest BCUT2D eigenvalue weighted by Gasteiger charge is 2.28. The summed E-state index contributed by atoms with van der Waals surface area (Å²) >= 11 is 0. The van der Waals surface area contributed by atoms with Crippen molar-refractivity contribution < 1.29 is 0 Å². The van der Waals surface area contributed by atoms with Crippen LogP contribution in [0, 0.1) is 17.8 Å². The molecule has 2 aliphatic carbocycles. The lowest BCUT2D eigenvalue weighted by atomic mass is 9.75. The van der Waals surface area contributed by atoms with Crippen LogP contribution in [-0.2, 0) is 0 Å². The standard InChI is InChI=1S/C13H24/c1-11-12-7-3-2-4-8-13(11)10-6-5-9-12/h11-13H,2-10H2,1H3/t11?,12-,13?/m0/s1. The molecule has 3 atom stereocenters. The van der Waals surface area contributed by atoms with Crippen molar-refractivity contribution in [2.24, 2.45) is 17.8 Å². The minimum absolute atomic E-state index is 1.04. The summed E-state index contributed by atoms with van der Waals surface area (Å²) in [5, 5.41) is 0. The van der Waals surface area contributed by atoms with Gasteiger partial charge in [-0.05, 0) is 17.8 Å². The topological polar surface area (TPSA) is 0 Å². The van der Waals surface area contributed by atoms with E-state index in [2.05, 4.69) is 6.92 Å². The van der Waals surface area contributed by atoms with Crippen molar-refractivity contribution in [2.75, 3.05) is 0 Å². The van der Waals surface area contributed by atoms with Crippen LogP contribution in [0.15, 0.2) is 0 Å². The summed E-state index contributed by atoms with van der Waals surface area (Å²) in [6.07, 6.45) is 13.7. The van der Waals surface area contributed by atoms with Gasteiger partial charge in [0.2, 0.25) is 0 Å². The summed E-state index contributed by atoms with van der Waals surface area (Å²) in [5.41, 5.74) is 0. The first-order chi connectivity index (χ1) is 6.38. The predicted octanol–water partition coefficient (Wildman–Crippen LogP) is 4.39. The maximum atomic E-state index is 2.53. The highest BCUT2D eigenvalue weighted by molar-refractivity contribution is 4.79. The Labute approximate surface area is 83.1 Å². The minimum Gasteiger partial charge on any atom is -0.0620 e. The zero-order chi connectivity index (χ0) is 9.10. The molecule has 0 aromatic rings. The second-order valence-electron chi connectivity index (χ2n) is 5.30. The predicted molar refractivity (Wildman–Crippen MR) is 57.7 cm³/mol.